The van der Waals surface area contributed by atoms with Crippen LogP contribution in [-0.4, -0.2) is 10.9 Å². The van der Waals surface area contributed by atoms with Gasteiger partial charge in [-0.1, -0.05) is 19.1 Å². The molecule has 0 spiro atoms. The Bertz CT molecular complexity index is 1250. The first-order valence-electron chi connectivity index (χ1n) is 9.08. The number of benzene rings is 3. The topological polar surface area (TPSA) is 78.9 Å². The number of carbonyl (C=O) groups excluding carboxylic acids is 1. The first-order chi connectivity index (χ1) is 14.1. The summed E-state index contributed by atoms with van der Waals surface area (Å²) in [5.41, 5.74) is 3.74. The van der Waals surface area contributed by atoms with Crippen LogP contribution in [0.1, 0.15) is 28.4 Å². The Morgan fingerprint density at radius 3 is 2.62 bits per heavy atom. The zero-order valence-corrected chi connectivity index (χ0v) is 15.6. The highest BCUT2D eigenvalue weighted by Gasteiger charge is 2.14. The minimum absolute atomic E-state index is 0.138. The molecule has 142 valence electrons. The molecule has 0 fully saturated rings. The van der Waals surface area contributed by atoms with Crippen LogP contribution in [0.25, 0.3) is 22.6 Å². The Kier molecular flexibility index (Phi) is 4.80. The van der Waals surface area contributed by atoms with E-state index in [0.717, 1.165) is 18.1 Å². The number of nitrogens with one attached hydrogen (secondary N) is 1. The van der Waals surface area contributed by atoms with Gasteiger partial charge in [0.15, 0.2) is 5.58 Å². The number of amides is 1. The lowest BCUT2D eigenvalue weighted by Gasteiger charge is -2.06. The summed E-state index contributed by atoms with van der Waals surface area (Å²) in [7, 11) is 0. The monoisotopic (exact) mass is 385 g/mol. The molecule has 3 aromatic carbocycles. The summed E-state index contributed by atoms with van der Waals surface area (Å²) in [4.78, 5) is 16.9. The summed E-state index contributed by atoms with van der Waals surface area (Å²) in [5.74, 6) is -0.864. The molecule has 0 unspecified atom stereocenters. The average Bonchev–Trinajstić information content (AvgIpc) is 3.17. The summed E-state index contributed by atoms with van der Waals surface area (Å²) in [5, 5.41) is 11.5. The van der Waals surface area contributed by atoms with Crippen molar-refractivity contribution < 1.29 is 13.6 Å². The number of aromatic nitrogens is 1. The van der Waals surface area contributed by atoms with E-state index < -0.39 is 11.7 Å². The molecule has 0 radical (unpaired) electrons. The van der Waals surface area contributed by atoms with Crippen LogP contribution in [0.4, 0.5) is 10.1 Å². The maximum absolute atomic E-state index is 14.0. The van der Waals surface area contributed by atoms with E-state index in [1.165, 1.54) is 17.7 Å². The molecule has 4 aromatic rings. The minimum atomic E-state index is -0.748. The molecule has 1 aromatic heterocycles. The Hall–Kier alpha value is -3.98. The second-order valence-electron chi connectivity index (χ2n) is 6.51. The van der Waals surface area contributed by atoms with Crippen molar-refractivity contribution in [2.75, 3.05) is 5.32 Å². The van der Waals surface area contributed by atoms with Crippen molar-refractivity contribution in [1.29, 1.82) is 5.26 Å². The normalized spacial score (nSPS) is 10.7. The van der Waals surface area contributed by atoms with Crippen LogP contribution in [-0.2, 0) is 6.42 Å². The van der Waals surface area contributed by atoms with Crippen LogP contribution < -0.4 is 5.32 Å². The number of halogens is 1. The highest BCUT2D eigenvalue weighted by Crippen LogP contribution is 2.27. The van der Waals surface area contributed by atoms with Crippen LogP contribution in [0.2, 0.25) is 0 Å². The number of hydrogen-bond donors (Lipinski definition) is 1. The Balaban J connectivity index is 1.59. The Morgan fingerprint density at radius 1 is 1.14 bits per heavy atom. The second-order valence-corrected chi connectivity index (χ2v) is 6.51. The van der Waals surface area contributed by atoms with Crippen LogP contribution in [0.15, 0.2) is 65.1 Å². The largest absolute Gasteiger partial charge is 0.436 e. The molecule has 0 aliphatic carbocycles. The van der Waals surface area contributed by atoms with Gasteiger partial charge in [0, 0.05) is 11.3 Å². The molecule has 0 bridgehead atoms. The van der Waals surface area contributed by atoms with Crippen molar-refractivity contribution in [3.8, 4) is 17.5 Å². The zero-order valence-electron chi connectivity index (χ0n) is 15.6. The van der Waals surface area contributed by atoms with Gasteiger partial charge < -0.3 is 9.73 Å². The molecule has 1 N–H and O–H groups in total. The Morgan fingerprint density at radius 2 is 1.93 bits per heavy atom. The molecule has 29 heavy (non-hydrogen) atoms. The molecular formula is C23H16FN3O2. The molecule has 5 nitrogen and oxygen atoms in total. The van der Waals surface area contributed by atoms with Gasteiger partial charge in [0.1, 0.15) is 11.3 Å². The number of hydrogen-bond acceptors (Lipinski definition) is 4. The lowest BCUT2D eigenvalue weighted by Crippen LogP contribution is -2.13. The fourth-order valence-corrected chi connectivity index (χ4v) is 2.98. The van der Waals surface area contributed by atoms with E-state index in [1.54, 1.807) is 18.2 Å². The van der Waals surface area contributed by atoms with E-state index in [-0.39, 0.29) is 11.1 Å². The summed E-state index contributed by atoms with van der Waals surface area (Å²) < 4.78 is 19.9. The van der Waals surface area contributed by atoms with Crippen molar-refractivity contribution in [3.05, 3.63) is 83.2 Å². The highest BCUT2D eigenvalue weighted by atomic mass is 19.1. The molecule has 0 atom stereocenters. The maximum Gasteiger partial charge on any atom is 0.258 e. The molecule has 6 heteroatoms. The van der Waals surface area contributed by atoms with Gasteiger partial charge in [-0.3, -0.25) is 4.79 Å². The smallest absolute Gasteiger partial charge is 0.258 e. The molecule has 0 saturated heterocycles. The number of aryl methyl sites for hydroxylation is 1. The molecule has 0 saturated carbocycles. The van der Waals surface area contributed by atoms with Crippen molar-refractivity contribution in [3.63, 3.8) is 0 Å². The summed E-state index contributed by atoms with van der Waals surface area (Å²) in [6, 6.07) is 18.6. The van der Waals surface area contributed by atoms with Crippen molar-refractivity contribution in [1.82, 2.24) is 4.98 Å². The number of carbonyl (C=O) groups is 1. The van der Waals surface area contributed by atoms with Gasteiger partial charge in [-0.2, -0.15) is 5.26 Å². The molecule has 1 amide bonds. The van der Waals surface area contributed by atoms with Gasteiger partial charge in [0.2, 0.25) is 5.89 Å². The predicted molar refractivity (Wildman–Crippen MR) is 108 cm³/mol. The zero-order chi connectivity index (χ0) is 20.4. The van der Waals surface area contributed by atoms with E-state index in [9.17, 15) is 9.18 Å². The number of nitrogens with zero attached hydrogens (tertiary/aromatic N) is 2. The van der Waals surface area contributed by atoms with E-state index in [2.05, 4.69) is 17.2 Å². The van der Waals surface area contributed by atoms with Crippen LogP contribution >= 0.6 is 0 Å². The average molecular weight is 385 g/mol. The molecular weight excluding hydrogens is 369 g/mol. The van der Waals surface area contributed by atoms with Crippen LogP contribution in [0.3, 0.4) is 0 Å². The molecule has 0 aliphatic heterocycles. The van der Waals surface area contributed by atoms with Crippen molar-refractivity contribution in [2.24, 2.45) is 0 Å². The second kappa shape index (κ2) is 7.56. The highest BCUT2D eigenvalue weighted by molar-refractivity contribution is 6.05. The van der Waals surface area contributed by atoms with Gasteiger partial charge in [-0.25, -0.2) is 9.37 Å². The number of nitriles is 1. The fraction of sp³-hybridized carbons (Fsp3) is 0.0870. The van der Waals surface area contributed by atoms with Gasteiger partial charge in [0.25, 0.3) is 5.91 Å². The van der Waals surface area contributed by atoms with Crippen molar-refractivity contribution in [2.45, 2.75) is 13.3 Å². The first-order valence-corrected chi connectivity index (χ1v) is 9.08. The SMILES string of the molecule is CCc1ccc(-c2nc3cc(NC(=O)c4ccc(C#N)cc4F)ccc3o2)cc1. The first kappa shape index (κ1) is 18.4. The standard InChI is InChI=1S/C23H16FN3O2/c1-2-14-3-6-16(7-4-14)23-27-20-12-17(8-10-21(20)29-23)26-22(28)18-9-5-15(13-25)11-19(18)24/h3-12H,2H2,1H3,(H,26,28). The summed E-state index contributed by atoms with van der Waals surface area (Å²) >= 11 is 0. The molecule has 1 heterocycles. The molecule has 4 rings (SSSR count). The Labute approximate surface area is 166 Å². The van der Waals surface area contributed by atoms with E-state index in [4.69, 9.17) is 9.68 Å². The van der Waals surface area contributed by atoms with Gasteiger partial charge in [-0.05, 0) is 60.5 Å². The number of anilines is 1. The third-order valence-electron chi connectivity index (χ3n) is 4.60. The predicted octanol–water partition coefficient (Wildman–Crippen LogP) is 5.32. The van der Waals surface area contributed by atoms with E-state index in [1.807, 2.05) is 30.3 Å². The van der Waals surface area contributed by atoms with Crippen LogP contribution in [0, 0.1) is 17.1 Å². The maximum atomic E-state index is 14.0. The van der Waals surface area contributed by atoms with Gasteiger partial charge >= 0.3 is 0 Å². The van der Waals surface area contributed by atoms with Gasteiger partial charge in [-0.15, -0.1) is 0 Å². The third-order valence-corrected chi connectivity index (χ3v) is 4.60. The van der Waals surface area contributed by atoms with Crippen molar-refractivity contribution >= 4 is 22.7 Å². The van der Waals surface area contributed by atoms with E-state index >= 15 is 0 Å². The third kappa shape index (κ3) is 3.71. The fourth-order valence-electron chi connectivity index (χ4n) is 2.98. The van der Waals surface area contributed by atoms with E-state index in [0.29, 0.717) is 22.7 Å². The summed E-state index contributed by atoms with van der Waals surface area (Å²) in [6.07, 6.45) is 0.955. The van der Waals surface area contributed by atoms with Crippen LogP contribution in [0.5, 0.6) is 0 Å². The van der Waals surface area contributed by atoms with Gasteiger partial charge in [0.05, 0.1) is 17.2 Å². The number of fused-ring (bicyclic) bond motifs is 1. The summed E-state index contributed by atoms with van der Waals surface area (Å²) in [6.45, 7) is 2.09. The number of oxazole rings is 1. The minimum Gasteiger partial charge on any atom is -0.436 e. The molecule has 0 aliphatic rings. The number of rotatable bonds is 4. The lowest BCUT2D eigenvalue weighted by atomic mass is 10.1. The lowest BCUT2D eigenvalue weighted by molar-refractivity contribution is 0.102. The quantitative estimate of drug-likeness (QED) is 0.516.